The number of benzene rings is 2. The number of hydrogen-bond donors (Lipinski definition) is 1. The molecule has 0 saturated carbocycles. The normalized spacial score (nSPS) is 19.2. The Morgan fingerprint density at radius 2 is 1.83 bits per heavy atom. The second-order valence-electron chi connectivity index (χ2n) is 5.90. The number of methoxy groups -OCH3 is 2. The molecule has 1 aliphatic rings. The van der Waals surface area contributed by atoms with Gasteiger partial charge in [0.05, 0.1) is 14.2 Å². The molecule has 3 rings (SSSR count). The molecule has 0 bridgehead atoms. The van der Waals surface area contributed by atoms with Crippen LogP contribution >= 0.6 is 0 Å². The summed E-state index contributed by atoms with van der Waals surface area (Å²) < 4.78 is 16.9. The molecule has 2 aromatic carbocycles. The summed E-state index contributed by atoms with van der Waals surface area (Å²) in [5, 5.41) is 9.80. The van der Waals surface area contributed by atoms with E-state index in [0.717, 1.165) is 28.2 Å². The molecule has 4 heteroatoms. The summed E-state index contributed by atoms with van der Waals surface area (Å²) in [5.74, 6) is 2.25. The Kier molecular flexibility index (Phi) is 4.38. The number of hydrogen-bond acceptors (Lipinski definition) is 4. The van der Waals surface area contributed by atoms with Gasteiger partial charge in [-0.25, -0.2) is 0 Å². The van der Waals surface area contributed by atoms with Crippen LogP contribution in [0.4, 0.5) is 0 Å². The molecule has 0 fully saturated rings. The monoisotopic (exact) mass is 326 g/mol. The van der Waals surface area contributed by atoms with Crippen LogP contribution in [0.15, 0.2) is 36.4 Å². The largest absolute Gasteiger partial charge is 0.504 e. The van der Waals surface area contributed by atoms with Crippen molar-refractivity contribution in [2.75, 3.05) is 14.2 Å². The molecule has 0 spiro atoms. The second kappa shape index (κ2) is 6.48. The van der Waals surface area contributed by atoms with E-state index in [9.17, 15) is 5.11 Å². The molecule has 0 saturated heterocycles. The first-order chi connectivity index (χ1) is 11.6. The molecule has 1 aliphatic heterocycles. The minimum Gasteiger partial charge on any atom is -0.504 e. The van der Waals surface area contributed by atoms with Crippen molar-refractivity contribution in [3.05, 3.63) is 53.1 Å². The smallest absolute Gasteiger partial charge is 0.165 e. The van der Waals surface area contributed by atoms with Gasteiger partial charge in [-0.05, 0) is 42.3 Å². The van der Waals surface area contributed by atoms with Crippen LogP contribution in [0.2, 0.25) is 0 Å². The molecule has 0 amide bonds. The fraction of sp³-hybridized carbons (Fsp3) is 0.300. The van der Waals surface area contributed by atoms with Crippen molar-refractivity contribution in [2.45, 2.75) is 25.9 Å². The summed E-state index contributed by atoms with van der Waals surface area (Å²) >= 11 is 0. The van der Waals surface area contributed by atoms with Crippen LogP contribution in [0.1, 0.15) is 42.6 Å². The Bertz CT molecular complexity index is 779. The van der Waals surface area contributed by atoms with Gasteiger partial charge >= 0.3 is 0 Å². The fourth-order valence-electron chi connectivity index (χ4n) is 3.17. The molecular weight excluding hydrogens is 304 g/mol. The number of rotatable bonds is 4. The van der Waals surface area contributed by atoms with Gasteiger partial charge in [0.1, 0.15) is 6.10 Å². The van der Waals surface area contributed by atoms with Crippen LogP contribution in [0.25, 0.3) is 6.08 Å². The highest BCUT2D eigenvalue weighted by Crippen LogP contribution is 2.51. The summed E-state index contributed by atoms with van der Waals surface area (Å²) in [6.45, 7) is 4.12. The molecule has 1 heterocycles. The van der Waals surface area contributed by atoms with Gasteiger partial charge in [-0.1, -0.05) is 25.1 Å². The van der Waals surface area contributed by atoms with E-state index < -0.39 is 0 Å². The maximum absolute atomic E-state index is 9.80. The zero-order valence-corrected chi connectivity index (χ0v) is 14.4. The van der Waals surface area contributed by atoms with Gasteiger partial charge in [-0.3, -0.25) is 0 Å². The number of ether oxygens (including phenoxy) is 3. The van der Waals surface area contributed by atoms with Crippen molar-refractivity contribution < 1.29 is 19.3 Å². The Labute approximate surface area is 142 Å². The lowest BCUT2D eigenvalue weighted by Crippen LogP contribution is -2.07. The Morgan fingerprint density at radius 1 is 1.08 bits per heavy atom. The maximum Gasteiger partial charge on any atom is 0.165 e. The van der Waals surface area contributed by atoms with Crippen LogP contribution in [-0.2, 0) is 0 Å². The lowest BCUT2D eigenvalue weighted by Gasteiger charge is -2.17. The standard InChI is InChI=1S/C20H22O4/c1-5-6-13-9-15-12(2)19(24-20(15)18(10-13)23-4)14-7-8-16(21)17(11-14)22-3/h5-12,19,21H,1-4H3/b6-5+/t12-,19+/m0/s1. The molecule has 4 nitrogen and oxygen atoms in total. The van der Waals surface area contributed by atoms with Gasteiger partial charge in [0.2, 0.25) is 0 Å². The van der Waals surface area contributed by atoms with Crippen molar-refractivity contribution in [3.8, 4) is 23.0 Å². The highest BCUT2D eigenvalue weighted by molar-refractivity contribution is 5.62. The zero-order valence-electron chi connectivity index (χ0n) is 14.4. The zero-order chi connectivity index (χ0) is 17.3. The van der Waals surface area contributed by atoms with E-state index in [1.54, 1.807) is 20.3 Å². The van der Waals surface area contributed by atoms with Crippen LogP contribution in [-0.4, -0.2) is 19.3 Å². The van der Waals surface area contributed by atoms with Crippen LogP contribution < -0.4 is 14.2 Å². The summed E-state index contributed by atoms with van der Waals surface area (Å²) in [5.41, 5.74) is 3.18. The predicted molar refractivity (Wildman–Crippen MR) is 94.1 cm³/mol. The summed E-state index contributed by atoms with van der Waals surface area (Å²) in [4.78, 5) is 0. The predicted octanol–water partition coefficient (Wildman–Crippen LogP) is 4.68. The number of aromatic hydroxyl groups is 1. The fourth-order valence-corrected chi connectivity index (χ4v) is 3.17. The van der Waals surface area contributed by atoms with Crippen LogP contribution in [0.3, 0.4) is 0 Å². The average Bonchev–Trinajstić information content (AvgIpc) is 2.92. The van der Waals surface area contributed by atoms with E-state index >= 15 is 0 Å². The van der Waals surface area contributed by atoms with Crippen molar-refractivity contribution in [1.29, 1.82) is 0 Å². The minimum absolute atomic E-state index is 0.123. The molecule has 2 aromatic rings. The van der Waals surface area contributed by atoms with Gasteiger partial charge in [-0.2, -0.15) is 0 Å². The summed E-state index contributed by atoms with van der Waals surface area (Å²) in [6, 6.07) is 9.44. The Balaban J connectivity index is 2.03. The summed E-state index contributed by atoms with van der Waals surface area (Å²) in [6.07, 6.45) is 3.90. The van der Waals surface area contributed by atoms with E-state index in [2.05, 4.69) is 13.0 Å². The highest BCUT2D eigenvalue weighted by atomic mass is 16.5. The first-order valence-corrected chi connectivity index (χ1v) is 7.97. The topological polar surface area (TPSA) is 47.9 Å². The Morgan fingerprint density at radius 3 is 2.50 bits per heavy atom. The van der Waals surface area contributed by atoms with Crippen molar-refractivity contribution in [3.63, 3.8) is 0 Å². The molecule has 0 radical (unpaired) electrons. The maximum atomic E-state index is 9.80. The van der Waals surface area contributed by atoms with Gasteiger partial charge < -0.3 is 19.3 Å². The van der Waals surface area contributed by atoms with Gasteiger partial charge in [-0.15, -0.1) is 0 Å². The quantitative estimate of drug-likeness (QED) is 0.886. The second-order valence-corrected chi connectivity index (χ2v) is 5.90. The van der Waals surface area contributed by atoms with E-state index in [4.69, 9.17) is 14.2 Å². The Hall–Kier alpha value is -2.62. The van der Waals surface area contributed by atoms with Gasteiger partial charge in [0.15, 0.2) is 23.0 Å². The van der Waals surface area contributed by atoms with E-state index in [1.165, 1.54) is 0 Å². The lowest BCUT2D eigenvalue weighted by molar-refractivity contribution is 0.207. The third kappa shape index (κ3) is 2.68. The van der Waals surface area contributed by atoms with Crippen molar-refractivity contribution >= 4 is 6.08 Å². The van der Waals surface area contributed by atoms with E-state index in [-0.39, 0.29) is 17.8 Å². The molecule has 0 aromatic heterocycles. The minimum atomic E-state index is -0.149. The average molecular weight is 326 g/mol. The number of allylic oxidation sites excluding steroid dienone is 1. The highest BCUT2D eigenvalue weighted by Gasteiger charge is 2.35. The summed E-state index contributed by atoms with van der Waals surface area (Å²) in [7, 11) is 3.19. The number of phenols is 1. The van der Waals surface area contributed by atoms with Crippen molar-refractivity contribution in [2.24, 2.45) is 0 Å². The van der Waals surface area contributed by atoms with Crippen LogP contribution in [0, 0.1) is 0 Å². The molecule has 1 N–H and O–H groups in total. The molecule has 24 heavy (non-hydrogen) atoms. The van der Waals surface area contributed by atoms with Gasteiger partial charge in [0, 0.05) is 11.5 Å². The molecule has 0 aliphatic carbocycles. The lowest BCUT2D eigenvalue weighted by atomic mass is 9.91. The molecule has 2 atom stereocenters. The number of fused-ring (bicyclic) bond motifs is 1. The van der Waals surface area contributed by atoms with E-state index in [0.29, 0.717) is 5.75 Å². The third-order valence-electron chi connectivity index (χ3n) is 4.41. The molecule has 0 unspecified atom stereocenters. The van der Waals surface area contributed by atoms with Crippen LogP contribution in [0.5, 0.6) is 23.0 Å². The molecule has 126 valence electrons. The molecular formula is C20H22O4. The van der Waals surface area contributed by atoms with E-state index in [1.807, 2.05) is 37.3 Å². The third-order valence-corrected chi connectivity index (χ3v) is 4.41. The van der Waals surface area contributed by atoms with Crippen molar-refractivity contribution in [1.82, 2.24) is 0 Å². The number of phenolic OH excluding ortho intramolecular Hbond substituents is 1. The first-order valence-electron chi connectivity index (χ1n) is 7.97. The van der Waals surface area contributed by atoms with Gasteiger partial charge in [0.25, 0.3) is 0 Å². The first kappa shape index (κ1) is 16.2. The SMILES string of the molecule is C/C=C/c1cc(OC)c2c(c1)[C@H](C)[C@H](c1ccc(O)c(OC)c1)O2.